The largest absolute Gasteiger partial charge is 0.464 e. The van der Waals surface area contributed by atoms with E-state index in [1.165, 1.54) is 6.26 Å². The van der Waals surface area contributed by atoms with Crippen molar-refractivity contribution < 1.29 is 8.83 Å². The fourth-order valence-corrected chi connectivity index (χ4v) is 1.85. The molecule has 2 N–H and O–H groups in total. The zero-order valence-corrected chi connectivity index (χ0v) is 8.75. The summed E-state index contributed by atoms with van der Waals surface area (Å²) < 4.78 is 10.3. The van der Waals surface area contributed by atoms with Crippen LogP contribution in [-0.4, -0.2) is 0 Å². The number of nitrogen functional groups attached to an aromatic ring is 1. The number of furan rings is 1. The first-order chi connectivity index (χ1) is 7.68. The van der Waals surface area contributed by atoms with Gasteiger partial charge in [0.2, 0.25) is 0 Å². The van der Waals surface area contributed by atoms with E-state index in [-0.39, 0.29) is 10.7 Å². The minimum absolute atomic E-state index is 0.0876. The zero-order valence-electron chi connectivity index (χ0n) is 7.99. The van der Waals surface area contributed by atoms with E-state index in [4.69, 9.17) is 26.2 Å². The molecule has 0 aliphatic rings. The van der Waals surface area contributed by atoms with Crippen molar-refractivity contribution in [3.8, 4) is 0 Å². The summed E-state index contributed by atoms with van der Waals surface area (Å²) >= 11 is 5.73. The molecule has 0 aliphatic heterocycles. The Morgan fingerprint density at radius 3 is 2.81 bits per heavy atom. The Morgan fingerprint density at radius 1 is 1.19 bits per heavy atom. The number of benzene rings is 1. The highest BCUT2D eigenvalue weighted by molar-refractivity contribution is 6.34. The van der Waals surface area contributed by atoms with Gasteiger partial charge in [0.05, 0.1) is 17.3 Å². The van der Waals surface area contributed by atoms with Crippen LogP contribution in [0.25, 0.3) is 21.9 Å². The number of hydrogen-bond donors (Lipinski definition) is 1. The maximum absolute atomic E-state index is 11.4. The van der Waals surface area contributed by atoms with Gasteiger partial charge in [-0.2, -0.15) is 0 Å². The van der Waals surface area contributed by atoms with Gasteiger partial charge in [-0.05, 0) is 18.2 Å². The number of rotatable bonds is 0. The van der Waals surface area contributed by atoms with Gasteiger partial charge in [-0.15, -0.1) is 0 Å². The number of anilines is 1. The van der Waals surface area contributed by atoms with Gasteiger partial charge in [0.15, 0.2) is 5.58 Å². The number of halogens is 1. The molecule has 0 spiro atoms. The van der Waals surface area contributed by atoms with Crippen molar-refractivity contribution >= 4 is 39.2 Å². The number of fused-ring (bicyclic) bond motifs is 3. The zero-order chi connectivity index (χ0) is 11.3. The van der Waals surface area contributed by atoms with Gasteiger partial charge < -0.3 is 14.6 Å². The molecule has 3 rings (SSSR count). The van der Waals surface area contributed by atoms with Crippen molar-refractivity contribution in [2.75, 3.05) is 5.73 Å². The molecule has 0 bridgehead atoms. The van der Waals surface area contributed by atoms with Crippen LogP contribution in [-0.2, 0) is 0 Å². The second kappa shape index (κ2) is 3.02. The first-order valence-corrected chi connectivity index (χ1v) is 4.94. The lowest BCUT2D eigenvalue weighted by Gasteiger charge is -2.02. The molecular weight excluding hydrogens is 230 g/mol. The molecule has 5 heteroatoms. The molecule has 16 heavy (non-hydrogen) atoms. The van der Waals surface area contributed by atoms with E-state index in [0.717, 1.165) is 0 Å². The van der Waals surface area contributed by atoms with E-state index >= 15 is 0 Å². The fourth-order valence-electron chi connectivity index (χ4n) is 1.71. The van der Waals surface area contributed by atoms with Crippen molar-refractivity contribution in [2.24, 2.45) is 0 Å². The van der Waals surface area contributed by atoms with Crippen molar-refractivity contribution in [3.05, 3.63) is 39.9 Å². The number of hydrogen-bond acceptors (Lipinski definition) is 4. The van der Waals surface area contributed by atoms with Crippen LogP contribution >= 0.6 is 11.6 Å². The monoisotopic (exact) mass is 235 g/mol. The molecule has 0 saturated heterocycles. The highest BCUT2D eigenvalue weighted by Gasteiger charge is 2.13. The molecule has 0 unspecified atom stereocenters. The van der Waals surface area contributed by atoms with Crippen molar-refractivity contribution in [3.63, 3.8) is 0 Å². The van der Waals surface area contributed by atoms with Gasteiger partial charge in [-0.3, -0.25) is 0 Å². The Bertz CT molecular complexity index is 757. The quantitative estimate of drug-likeness (QED) is 0.608. The Hall–Kier alpha value is -1.94. The van der Waals surface area contributed by atoms with E-state index in [1.54, 1.807) is 18.2 Å². The Labute approximate surface area is 94.2 Å². The Balaban J connectivity index is 2.66. The first kappa shape index (κ1) is 9.30. The molecule has 2 heterocycles. The minimum atomic E-state index is -0.639. The van der Waals surface area contributed by atoms with Crippen LogP contribution in [0.1, 0.15) is 0 Å². The summed E-state index contributed by atoms with van der Waals surface area (Å²) in [5.41, 5.74) is 6.39. The molecule has 2 aromatic heterocycles. The van der Waals surface area contributed by atoms with Crippen LogP contribution in [0.5, 0.6) is 0 Å². The molecule has 0 radical (unpaired) electrons. The van der Waals surface area contributed by atoms with Crippen LogP contribution in [0, 0.1) is 0 Å². The second-order valence-corrected chi connectivity index (χ2v) is 3.77. The van der Waals surface area contributed by atoms with Crippen molar-refractivity contribution in [2.45, 2.75) is 0 Å². The van der Waals surface area contributed by atoms with Gasteiger partial charge in [-0.1, -0.05) is 11.6 Å². The molecule has 0 saturated carbocycles. The van der Waals surface area contributed by atoms with Crippen LogP contribution in [0.3, 0.4) is 0 Å². The molecule has 4 nitrogen and oxygen atoms in total. The molecule has 1 aromatic carbocycles. The number of nitrogens with two attached hydrogens (primary N) is 1. The molecule has 0 amide bonds. The second-order valence-electron chi connectivity index (χ2n) is 3.39. The average molecular weight is 236 g/mol. The smallest absolute Gasteiger partial charge is 0.357 e. The summed E-state index contributed by atoms with van der Waals surface area (Å²) in [4.78, 5) is 11.4. The third-order valence-corrected chi connectivity index (χ3v) is 2.84. The van der Waals surface area contributed by atoms with Gasteiger partial charge >= 0.3 is 5.63 Å². The lowest BCUT2D eigenvalue weighted by Crippen LogP contribution is -2.03. The van der Waals surface area contributed by atoms with E-state index in [1.807, 2.05) is 0 Å². The maximum atomic E-state index is 11.4. The highest BCUT2D eigenvalue weighted by atomic mass is 35.5. The van der Waals surface area contributed by atoms with Crippen molar-refractivity contribution in [1.29, 1.82) is 0 Å². The van der Waals surface area contributed by atoms with Gasteiger partial charge in [0, 0.05) is 5.39 Å². The maximum Gasteiger partial charge on any atom is 0.357 e. The molecular formula is C11H6ClNO3. The van der Waals surface area contributed by atoms with Crippen molar-refractivity contribution in [1.82, 2.24) is 0 Å². The molecule has 80 valence electrons. The van der Waals surface area contributed by atoms with E-state index < -0.39 is 5.63 Å². The molecule has 0 aliphatic carbocycles. The SMILES string of the molecule is Nc1c(Cl)c(=O)oc2c1ccc1occc12. The molecule has 0 fully saturated rings. The standard InChI is InChI=1S/C11H6ClNO3/c12-8-9(13)6-1-2-7-5(3-4-15-7)10(6)16-11(8)14/h1-4H,13H2. The van der Waals surface area contributed by atoms with Crippen LogP contribution < -0.4 is 11.4 Å². The normalized spacial score (nSPS) is 11.3. The third kappa shape index (κ3) is 1.07. The Morgan fingerprint density at radius 2 is 2.00 bits per heavy atom. The van der Waals surface area contributed by atoms with Gasteiger partial charge in [0.1, 0.15) is 10.6 Å². The summed E-state index contributed by atoms with van der Waals surface area (Å²) in [6.07, 6.45) is 1.52. The topological polar surface area (TPSA) is 69.4 Å². The summed E-state index contributed by atoms with van der Waals surface area (Å²) in [7, 11) is 0. The van der Waals surface area contributed by atoms with E-state index in [9.17, 15) is 4.79 Å². The average Bonchev–Trinajstić information content (AvgIpc) is 2.74. The highest BCUT2D eigenvalue weighted by Crippen LogP contribution is 2.31. The Kier molecular flexibility index (Phi) is 1.76. The summed E-state index contributed by atoms with van der Waals surface area (Å²) in [5.74, 6) is 0. The molecule has 0 atom stereocenters. The van der Waals surface area contributed by atoms with E-state index in [0.29, 0.717) is 21.9 Å². The summed E-state index contributed by atoms with van der Waals surface area (Å²) in [6, 6.07) is 5.18. The lowest BCUT2D eigenvalue weighted by molar-refractivity contribution is 0.564. The third-order valence-electron chi connectivity index (χ3n) is 2.49. The predicted molar refractivity (Wildman–Crippen MR) is 61.7 cm³/mol. The van der Waals surface area contributed by atoms with Crippen LogP contribution in [0.2, 0.25) is 5.02 Å². The molecule has 3 aromatic rings. The lowest BCUT2D eigenvalue weighted by atomic mass is 10.1. The van der Waals surface area contributed by atoms with Crippen LogP contribution in [0.4, 0.5) is 5.69 Å². The van der Waals surface area contributed by atoms with Gasteiger partial charge in [-0.25, -0.2) is 4.79 Å². The van der Waals surface area contributed by atoms with Crippen LogP contribution in [0.15, 0.2) is 38.1 Å². The first-order valence-electron chi connectivity index (χ1n) is 4.56. The summed E-state index contributed by atoms with van der Waals surface area (Å²) in [5, 5.41) is 1.23. The predicted octanol–water partition coefficient (Wildman–Crippen LogP) is 2.77. The van der Waals surface area contributed by atoms with E-state index in [2.05, 4.69) is 0 Å². The minimum Gasteiger partial charge on any atom is -0.464 e. The summed E-state index contributed by atoms with van der Waals surface area (Å²) in [6.45, 7) is 0. The van der Waals surface area contributed by atoms with Gasteiger partial charge in [0.25, 0.3) is 0 Å². The fraction of sp³-hybridized carbons (Fsp3) is 0.